The topological polar surface area (TPSA) is 104 Å². The zero-order valence-corrected chi connectivity index (χ0v) is 15.4. The molecule has 0 aliphatic carbocycles. The molecule has 2 aromatic rings. The Bertz CT molecular complexity index is 979. The number of hydrogen-bond acceptors (Lipinski definition) is 6. The number of esters is 1. The molecule has 0 bridgehead atoms. The summed E-state index contributed by atoms with van der Waals surface area (Å²) in [6.45, 7) is -0.372. The highest BCUT2D eigenvalue weighted by Gasteiger charge is 2.34. The van der Waals surface area contributed by atoms with Gasteiger partial charge in [-0.3, -0.25) is 4.79 Å². The zero-order chi connectivity index (χ0) is 20.3. The fourth-order valence-corrected chi connectivity index (χ4v) is 4.43. The van der Waals surface area contributed by atoms with Crippen LogP contribution in [0.3, 0.4) is 0 Å². The minimum absolute atomic E-state index is 0.0254. The first-order valence-electron chi connectivity index (χ1n) is 8.44. The van der Waals surface area contributed by atoms with Crippen molar-refractivity contribution in [3.8, 4) is 0 Å². The van der Waals surface area contributed by atoms with E-state index in [0.29, 0.717) is 10.8 Å². The van der Waals surface area contributed by atoms with Crippen molar-refractivity contribution in [2.75, 3.05) is 13.1 Å². The summed E-state index contributed by atoms with van der Waals surface area (Å²) in [5.41, 5.74) is 0. The second-order valence-corrected chi connectivity index (χ2v) is 8.13. The first-order chi connectivity index (χ1) is 13.3. The molecule has 0 atom stereocenters. The molecule has 2 heterocycles. The van der Waals surface area contributed by atoms with E-state index in [1.807, 2.05) is 0 Å². The highest BCUT2D eigenvalue weighted by Crippen LogP contribution is 2.26. The van der Waals surface area contributed by atoms with Gasteiger partial charge in [-0.25, -0.2) is 21.9 Å². The van der Waals surface area contributed by atoms with E-state index in [1.165, 1.54) is 18.5 Å². The molecule has 1 saturated heterocycles. The van der Waals surface area contributed by atoms with Crippen LogP contribution in [0, 0.1) is 22.8 Å². The molecule has 1 aliphatic heterocycles. The lowest BCUT2D eigenvalue weighted by Gasteiger charge is -2.30. The Labute approximate surface area is 160 Å². The zero-order valence-electron chi connectivity index (χ0n) is 14.6. The van der Waals surface area contributed by atoms with Gasteiger partial charge in [-0.1, -0.05) is 0 Å². The summed E-state index contributed by atoms with van der Waals surface area (Å²) in [6.07, 6.45) is 2.95. The Hall–Kier alpha value is -2.66. The lowest BCUT2D eigenvalue weighted by molar-refractivity contribution is -0.620. The van der Waals surface area contributed by atoms with Gasteiger partial charge in [-0.05, 0) is 36.0 Å². The molecular weight excluding hydrogens is 396 g/mol. The Balaban J connectivity index is 1.60. The normalized spacial score (nSPS) is 16.1. The quantitative estimate of drug-likeness (QED) is 0.414. The number of benzene rings is 1. The maximum Gasteiger partial charge on any atom is 0.339 e. The molecule has 1 aromatic carbocycles. The van der Waals surface area contributed by atoms with Crippen molar-refractivity contribution >= 4 is 16.0 Å². The molecule has 1 aromatic heterocycles. The van der Waals surface area contributed by atoms with Gasteiger partial charge < -0.3 is 9.94 Å². The van der Waals surface area contributed by atoms with Crippen LogP contribution < -0.4 is 4.73 Å². The van der Waals surface area contributed by atoms with Gasteiger partial charge in [0.2, 0.25) is 10.0 Å². The molecule has 0 radical (unpaired) electrons. The average molecular weight is 413 g/mol. The number of ether oxygens (including phenoxy) is 1. The fraction of sp³-hybridized carbons (Fsp3) is 0.353. The van der Waals surface area contributed by atoms with Crippen LogP contribution in [0.25, 0.3) is 0 Å². The van der Waals surface area contributed by atoms with Gasteiger partial charge in [0.25, 0.3) is 0 Å². The molecular formula is C17H17F2N3O5S. The smallest absolute Gasteiger partial charge is 0.339 e. The highest BCUT2D eigenvalue weighted by atomic mass is 32.2. The van der Waals surface area contributed by atoms with E-state index in [-0.39, 0.29) is 38.4 Å². The number of rotatable bonds is 5. The number of halogens is 2. The van der Waals surface area contributed by atoms with Crippen LogP contribution in [-0.2, 0) is 26.2 Å². The van der Waals surface area contributed by atoms with Crippen LogP contribution in [0.1, 0.15) is 18.7 Å². The first kappa shape index (κ1) is 20.1. The molecule has 0 unspecified atom stereocenters. The van der Waals surface area contributed by atoms with Crippen molar-refractivity contribution in [1.29, 1.82) is 0 Å². The predicted molar refractivity (Wildman–Crippen MR) is 90.8 cm³/mol. The van der Waals surface area contributed by atoms with E-state index >= 15 is 0 Å². The minimum Gasteiger partial charge on any atom is -0.711 e. The first-order valence-corrected chi connectivity index (χ1v) is 9.88. The van der Waals surface area contributed by atoms with E-state index < -0.39 is 38.4 Å². The number of hydrogen-bond donors (Lipinski definition) is 0. The van der Waals surface area contributed by atoms with Gasteiger partial charge in [-0.2, -0.15) is 4.31 Å². The number of carbonyl (C=O) groups excluding carboxylic acids is 1. The fourth-order valence-electron chi connectivity index (χ4n) is 2.89. The highest BCUT2D eigenvalue weighted by molar-refractivity contribution is 7.89. The van der Waals surface area contributed by atoms with Crippen LogP contribution >= 0.6 is 0 Å². The van der Waals surface area contributed by atoms with Gasteiger partial charge >= 0.3 is 11.8 Å². The number of nitrogens with zero attached hydrogens (tertiary/aromatic N) is 3. The number of piperidine rings is 1. The standard InChI is InChI=1S/C17H17F2N3O5S/c18-13-2-3-14(19)15(10-13)28(25,26)21-8-4-12(5-9-21)17(23)27-11-16-20-6-1-7-22(16)24/h1-3,6-7,10,12H,4-5,8-9,11H2. The summed E-state index contributed by atoms with van der Waals surface area (Å²) in [5, 5.41) is 11.5. The van der Waals surface area contributed by atoms with Crippen LogP contribution in [-0.4, -0.2) is 36.8 Å². The predicted octanol–water partition coefficient (Wildman–Crippen LogP) is 1.14. The third kappa shape index (κ3) is 4.25. The van der Waals surface area contributed by atoms with Crippen LogP contribution in [0.4, 0.5) is 8.78 Å². The molecule has 3 rings (SSSR count). The molecule has 0 saturated carbocycles. The van der Waals surface area contributed by atoms with Crippen molar-refractivity contribution < 1.29 is 31.5 Å². The molecule has 1 fully saturated rings. The molecule has 28 heavy (non-hydrogen) atoms. The largest absolute Gasteiger partial charge is 0.711 e. The van der Waals surface area contributed by atoms with Crippen molar-refractivity contribution in [3.05, 3.63) is 59.3 Å². The van der Waals surface area contributed by atoms with Crippen molar-refractivity contribution in [3.63, 3.8) is 0 Å². The van der Waals surface area contributed by atoms with E-state index in [2.05, 4.69) is 4.98 Å². The maximum atomic E-state index is 13.8. The molecule has 11 heteroatoms. The lowest BCUT2D eigenvalue weighted by Crippen LogP contribution is -2.41. The number of carbonyl (C=O) groups is 1. The third-order valence-corrected chi connectivity index (χ3v) is 6.34. The molecule has 8 nitrogen and oxygen atoms in total. The molecule has 0 N–H and O–H groups in total. The number of sulfonamides is 1. The Kier molecular flexibility index (Phi) is 5.84. The van der Waals surface area contributed by atoms with Crippen LogP contribution in [0.2, 0.25) is 0 Å². The van der Waals surface area contributed by atoms with E-state index in [9.17, 15) is 27.2 Å². The molecule has 0 spiro atoms. The summed E-state index contributed by atoms with van der Waals surface area (Å²) in [6, 6.07) is 3.67. The molecule has 0 amide bonds. The second-order valence-electron chi connectivity index (χ2n) is 6.22. The summed E-state index contributed by atoms with van der Waals surface area (Å²) >= 11 is 0. The van der Waals surface area contributed by atoms with Crippen LogP contribution in [0.5, 0.6) is 0 Å². The monoisotopic (exact) mass is 413 g/mol. The van der Waals surface area contributed by atoms with E-state index in [1.54, 1.807) is 0 Å². The lowest BCUT2D eigenvalue weighted by atomic mass is 9.98. The Morgan fingerprint density at radius 1 is 1.32 bits per heavy atom. The van der Waals surface area contributed by atoms with Crippen LogP contribution in [0.15, 0.2) is 41.6 Å². The third-order valence-electron chi connectivity index (χ3n) is 4.43. The van der Waals surface area contributed by atoms with Crippen molar-refractivity contribution in [1.82, 2.24) is 9.29 Å². The van der Waals surface area contributed by atoms with E-state index in [0.717, 1.165) is 16.4 Å². The summed E-state index contributed by atoms with van der Waals surface area (Å²) in [5.74, 6) is -3.00. The summed E-state index contributed by atoms with van der Waals surface area (Å²) < 4.78 is 58.8. The van der Waals surface area contributed by atoms with Gasteiger partial charge in [0.1, 0.15) is 22.7 Å². The van der Waals surface area contributed by atoms with Gasteiger partial charge in [0.05, 0.1) is 12.1 Å². The average Bonchev–Trinajstić information content (AvgIpc) is 2.69. The second kappa shape index (κ2) is 8.15. The van der Waals surface area contributed by atoms with Gasteiger partial charge in [0, 0.05) is 19.2 Å². The Morgan fingerprint density at radius 3 is 2.71 bits per heavy atom. The van der Waals surface area contributed by atoms with Gasteiger partial charge in [0.15, 0.2) is 6.61 Å². The minimum atomic E-state index is -4.21. The number of aromatic nitrogens is 2. The molecule has 150 valence electrons. The summed E-state index contributed by atoms with van der Waals surface area (Å²) in [4.78, 5) is 15.2. The Morgan fingerprint density at radius 2 is 2.04 bits per heavy atom. The molecule has 1 aliphatic rings. The van der Waals surface area contributed by atoms with Crippen molar-refractivity contribution in [2.45, 2.75) is 24.3 Å². The van der Waals surface area contributed by atoms with E-state index in [4.69, 9.17) is 4.74 Å². The SMILES string of the molecule is O=C(OCc1nccc[n+]1[O-])C1CCN(S(=O)(=O)c2cc(F)ccc2F)CC1. The van der Waals surface area contributed by atoms with Crippen molar-refractivity contribution in [2.24, 2.45) is 5.92 Å². The maximum absolute atomic E-state index is 13.8. The summed E-state index contributed by atoms with van der Waals surface area (Å²) in [7, 11) is -4.21. The van der Waals surface area contributed by atoms with Gasteiger partial charge in [-0.15, -0.1) is 0 Å².